The van der Waals surface area contributed by atoms with Gasteiger partial charge in [0.2, 0.25) is 5.91 Å². The molecule has 1 aromatic carbocycles. The maximum absolute atomic E-state index is 11.2. The summed E-state index contributed by atoms with van der Waals surface area (Å²) in [7, 11) is 0. The smallest absolute Gasteiger partial charge is 0.249 e. The van der Waals surface area contributed by atoms with E-state index in [1.54, 1.807) is 24.3 Å². The fraction of sp³-hybridized carbons (Fsp3) is 0.100. The molecule has 5 nitrogen and oxygen atoms in total. The molecule has 0 spiro atoms. The number of rotatable bonds is 5. The Morgan fingerprint density at radius 3 is 2.53 bits per heavy atom. The van der Waals surface area contributed by atoms with Crippen molar-refractivity contribution in [1.29, 1.82) is 10.5 Å². The van der Waals surface area contributed by atoms with Gasteiger partial charge in [-0.05, 0) is 47.8 Å². The van der Waals surface area contributed by atoms with Gasteiger partial charge in [-0.1, -0.05) is 0 Å². The molecule has 17 heavy (non-hydrogen) atoms. The maximum atomic E-state index is 11.2. The Bertz CT molecular complexity index is 461. The molecule has 0 radical (unpaired) electrons. The molecule has 1 aromatic rings. The van der Waals surface area contributed by atoms with E-state index in [1.807, 2.05) is 10.8 Å². The third-order valence-corrected chi connectivity index (χ3v) is 2.77. The molecular formula is C10H8N4OS2. The first kappa shape index (κ1) is 13.2. The van der Waals surface area contributed by atoms with Crippen LogP contribution < -0.4 is 10.9 Å². The Balaban J connectivity index is 2.40. The Kier molecular flexibility index (Phi) is 5.80. The number of benzene rings is 1. The highest BCUT2D eigenvalue weighted by molar-refractivity contribution is 8.04. The van der Waals surface area contributed by atoms with E-state index >= 15 is 0 Å². The van der Waals surface area contributed by atoms with Gasteiger partial charge in [-0.2, -0.15) is 10.5 Å². The van der Waals surface area contributed by atoms with Crippen molar-refractivity contribution in [2.45, 2.75) is 4.90 Å². The van der Waals surface area contributed by atoms with Crippen molar-refractivity contribution in [3.8, 4) is 10.8 Å². The van der Waals surface area contributed by atoms with Crippen molar-refractivity contribution < 1.29 is 4.79 Å². The van der Waals surface area contributed by atoms with Gasteiger partial charge in [-0.15, -0.1) is 0 Å². The number of nitrogens with zero attached hydrogens (tertiary/aromatic N) is 2. The number of carbonyl (C=O) groups is 1. The summed E-state index contributed by atoms with van der Waals surface area (Å²) in [6, 6.07) is 7.04. The first-order valence-corrected chi connectivity index (χ1v) is 6.28. The number of thiocyanates is 2. The summed E-state index contributed by atoms with van der Waals surface area (Å²) in [5.74, 6) is -0.182. The minimum absolute atomic E-state index is 0.0892. The summed E-state index contributed by atoms with van der Waals surface area (Å²) in [6.07, 6.45) is 0. The molecule has 0 aliphatic carbocycles. The lowest BCUT2D eigenvalue weighted by Gasteiger charge is -2.07. The molecule has 0 bridgehead atoms. The first-order valence-electron chi connectivity index (χ1n) is 4.48. The van der Waals surface area contributed by atoms with E-state index in [0.29, 0.717) is 5.69 Å². The van der Waals surface area contributed by atoms with E-state index in [-0.39, 0.29) is 11.7 Å². The van der Waals surface area contributed by atoms with Crippen LogP contribution in [0.25, 0.3) is 0 Å². The molecule has 0 unspecified atom stereocenters. The molecule has 0 aliphatic heterocycles. The van der Waals surface area contributed by atoms with E-state index in [2.05, 4.69) is 10.9 Å². The van der Waals surface area contributed by atoms with E-state index in [1.165, 1.54) is 0 Å². The average molecular weight is 264 g/mol. The second-order valence-electron chi connectivity index (χ2n) is 2.77. The van der Waals surface area contributed by atoms with Crippen LogP contribution in [0.5, 0.6) is 0 Å². The summed E-state index contributed by atoms with van der Waals surface area (Å²) in [5.41, 5.74) is 5.87. The number of nitriles is 2. The third kappa shape index (κ3) is 5.16. The van der Waals surface area contributed by atoms with E-state index in [0.717, 1.165) is 28.4 Å². The molecule has 0 aromatic heterocycles. The number of anilines is 1. The van der Waals surface area contributed by atoms with Gasteiger partial charge in [0.05, 0.1) is 11.4 Å². The van der Waals surface area contributed by atoms with E-state index < -0.39 is 0 Å². The van der Waals surface area contributed by atoms with Crippen LogP contribution in [-0.2, 0) is 4.79 Å². The minimum atomic E-state index is -0.271. The molecule has 86 valence electrons. The second-order valence-corrected chi connectivity index (χ2v) is 4.39. The topological polar surface area (TPSA) is 88.7 Å². The summed E-state index contributed by atoms with van der Waals surface area (Å²) in [6.45, 7) is 0. The zero-order chi connectivity index (χ0) is 12.5. The quantitative estimate of drug-likeness (QED) is 0.480. The van der Waals surface area contributed by atoms with Gasteiger partial charge in [0.1, 0.15) is 10.8 Å². The predicted molar refractivity (Wildman–Crippen MR) is 67.7 cm³/mol. The zero-order valence-electron chi connectivity index (χ0n) is 8.64. The number of hydrogen-bond acceptors (Lipinski definition) is 6. The minimum Gasteiger partial charge on any atom is -0.299 e. The SMILES string of the molecule is N#CSCC(=O)NNc1ccc(SC#N)cc1. The Morgan fingerprint density at radius 1 is 1.24 bits per heavy atom. The fourth-order valence-corrected chi connectivity index (χ4v) is 1.58. The highest BCUT2D eigenvalue weighted by Gasteiger charge is 2.00. The number of nitrogens with one attached hydrogen (secondary N) is 2. The summed E-state index contributed by atoms with van der Waals surface area (Å²) < 4.78 is 0. The van der Waals surface area contributed by atoms with Crippen molar-refractivity contribution in [2.24, 2.45) is 0 Å². The maximum Gasteiger partial charge on any atom is 0.249 e. The van der Waals surface area contributed by atoms with Crippen molar-refractivity contribution >= 4 is 35.1 Å². The molecule has 2 N–H and O–H groups in total. The lowest BCUT2D eigenvalue weighted by atomic mass is 10.3. The third-order valence-electron chi connectivity index (χ3n) is 1.63. The highest BCUT2D eigenvalue weighted by atomic mass is 32.2. The first-order chi connectivity index (χ1) is 8.26. The molecule has 0 heterocycles. The highest BCUT2D eigenvalue weighted by Crippen LogP contribution is 2.18. The van der Waals surface area contributed by atoms with Gasteiger partial charge in [-0.3, -0.25) is 15.6 Å². The number of thioether (sulfide) groups is 2. The van der Waals surface area contributed by atoms with Crippen molar-refractivity contribution in [2.75, 3.05) is 11.2 Å². The van der Waals surface area contributed by atoms with Crippen LogP contribution in [0, 0.1) is 21.3 Å². The Labute approximate surface area is 107 Å². The van der Waals surface area contributed by atoms with Crippen LogP contribution in [-0.4, -0.2) is 11.7 Å². The van der Waals surface area contributed by atoms with E-state index in [9.17, 15) is 4.79 Å². The normalized spacial score (nSPS) is 8.82. The second kappa shape index (κ2) is 7.44. The van der Waals surface area contributed by atoms with Gasteiger partial charge in [0, 0.05) is 4.90 Å². The van der Waals surface area contributed by atoms with Crippen molar-refractivity contribution in [3.05, 3.63) is 24.3 Å². The summed E-state index contributed by atoms with van der Waals surface area (Å²) in [5, 5.41) is 20.5. The zero-order valence-corrected chi connectivity index (χ0v) is 10.3. The molecule has 0 atom stereocenters. The van der Waals surface area contributed by atoms with Crippen LogP contribution >= 0.6 is 23.5 Å². The van der Waals surface area contributed by atoms with Gasteiger partial charge in [-0.25, -0.2) is 0 Å². The number of carbonyl (C=O) groups excluding carboxylic acids is 1. The molecule has 0 aliphatic rings. The van der Waals surface area contributed by atoms with Crippen LogP contribution in [0.15, 0.2) is 29.2 Å². The molecule has 0 saturated carbocycles. The van der Waals surface area contributed by atoms with E-state index in [4.69, 9.17) is 10.5 Å². The molecule has 7 heteroatoms. The van der Waals surface area contributed by atoms with Crippen molar-refractivity contribution in [1.82, 2.24) is 5.43 Å². The fourth-order valence-electron chi connectivity index (χ4n) is 0.935. The van der Waals surface area contributed by atoms with Crippen LogP contribution in [0.2, 0.25) is 0 Å². The standard InChI is InChI=1S/C10H8N4OS2/c11-6-16-5-10(15)14-13-8-1-3-9(4-2-8)17-7-12/h1-4,13H,5H2,(H,14,15). The molecule has 0 saturated heterocycles. The van der Waals surface area contributed by atoms with Crippen LogP contribution in [0.1, 0.15) is 0 Å². The Hall–Kier alpha value is -1.83. The van der Waals surface area contributed by atoms with Gasteiger partial charge in [0.25, 0.3) is 0 Å². The predicted octanol–water partition coefficient (Wildman–Crippen LogP) is 1.92. The number of hydrazine groups is 1. The Morgan fingerprint density at radius 2 is 1.94 bits per heavy atom. The lowest BCUT2D eigenvalue weighted by Crippen LogP contribution is -2.30. The van der Waals surface area contributed by atoms with Crippen molar-refractivity contribution in [3.63, 3.8) is 0 Å². The molecule has 1 amide bonds. The van der Waals surface area contributed by atoms with Gasteiger partial charge in [0.15, 0.2) is 0 Å². The van der Waals surface area contributed by atoms with Gasteiger partial charge >= 0.3 is 0 Å². The monoisotopic (exact) mass is 264 g/mol. The largest absolute Gasteiger partial charge is 0.299 e. The van der Waals surface area contributed by atoms with Crippen LogP contribution in [0.3, 0.4) is 0 Å². The average Bonchev–Trinajstić information content (AvgIpc) is 2.36. The van der Waals surface area contributed by atoms with Gasteiger partial charge < -0.3 is 0 Å². The van der Waals surface area contributed by atoms with Crippen LogP contribution in [0.4, 0.5) is 5.69 Å². The lowest BCUT2D eigenvalue weighted by molar-refractivity contribution is -0.118. The number of hydrogen-bond donors (Lipinski definition) is 2. The molecule has 1 rings (SSSR count). The summed E-state index contributed by atoms with van der Waals surface area (Å²) >= 11 is 1.95. The summed E-state index contributed by atoms with van der Waals surface area (Å²) in [4.78, 5) is 12.0. The number of amides is 1. The molecular weight excluding hydrogens is 256 g/mol. The molecule has 0 fully saturated rings.